The number of nitrogens with zero attached hydrogens (tertiary/aromatic N) is 2. The van der Waals surface area contributed by atoms with E-state index in [0.717, 1.165) is 68.7 Å². The summed E-state index contributed by atoms with van der Waals surface area (Å²) in [5.74, 6) is -0.0477. The van der Waals surface area contributed by atoms with Crippen LogP contribution in [0.15, 0.2) is 118 Å². The molecule has 2 aromatic heterocycles. The summed E-state index contributed by atoms with van der Waals surface area (Å²) < 4.78 is 13.0. The summed E-state index contributed by atoms with van der Waals surface area (Å²) >= 11 is 7.00. The molecule has 53 heavy (non-hydrogen) atoms. The largest absolute Gasteiger partial charge is 0.445 e. The van der Waals surface area contributed by atoms with E-state index in [1.165, 1.54) is 10.9 Å². The van der Waals surface area contributed by atoms with Gasteiger partial charge in [0, 0.05) is 67.8 Å². The van der Waals surface area contributed by atoms with Crippen LogP contribution in [0.4, 0.5) is 9.59 Å². The Morgan fingerprint density at radius 2 is 1.21 bits per heavy atom. The fourth-order valence-corrected chi connectivity index (χ4v) is 7.92. The number of benzene rings is 4. The number of carbonyl (C=O) groups excluding carboxylic acids is 3. The van der Waals surface area contributed by atoms with Crippen LogP contribution >= 0.6 is 31.9 Å². The molecule has 2 aliphatic rings. The molecule has 2 aliphatic heterocycles. The van der Waals surface area contributed by atoms with Gasteiger partial charge in [0.2, 0.25) is 0 Å². The smallest absolute Gasteiger partial charge is 0.410 e. The molecule has 8 rings (SSSR count). The van der Waals surface area contributed by atoms with Crippen molar-refractivity contribution in [2.45, 2.75) is 57.4 Å². The van der Waals surface area contributed by atoms with Crippen molar-refractivity contribution in [3.8, 4) is 0 Å². The van der Waals surface area contributed by atoms with Crippen LogP contribution < -0.4 is 0 Å². The molecule has 2 fully saturated rings. The highest BCUT2D eigenvalue weighted by Crippen LogP contribution is 2.30. The van der Waals surface area contributed by atoms with E-state index in [9.17, 15) is 14.4 Å². The third-order valence-electron chi connectivity index (χ3n) is 9.91. The number of halogens is 2. The van der Waals surface area contributed by atoms with Crippen molar-refractivity contribution < 1.29 is 23.9 Å². The summed E-state index contributed by atoms with van der Waals surface area (Å²) in [6.45, 7) is 1.83. The lowest BCUT2D eigenvalue weighted by atomic mass is 10.0. The molecule has 2 saturated heterocycles. The number of rotatable bonds is 8. The summed E-state index contributed by atoms with van der Waals surface area (Å²) in [5.41, 5.74) is 5.82. The number of nitrogens with one attached hydrogen (secondary N) is 2. The van der Waals surface area contributed by atoms with Crippen molar-refractivity contribution >= 4 is 71.6 Å². The molecule has 0 spiro atoms. The summed E-state index contributed by atoms with van der Waals surface area (Å²) in [4.78, 5) is 48.2. The minimum Gasteiger partial charge on any atom is -0.445 e. The number of aromatic amines is 2. The molecule has 2 N–H and O–H groups in total. The van der Waals surface area contributed by atoms with Crippen LogP contribution in [0.2, 0.25) is 0 Å². The lowest BCUT2D eigenvalue weighted by molar-refractivity contribution is 0.0739. The van der Waals surface area contributed by atoms with Crippen LogP contribution in [0.3, 0.4) is 0 Å². The summed E-state index contributed by atoms with van der Waals surface area (Å²) in [6.07, 6.45) is 7.47. The van der Waals surface area contributed by atoms with E-state index in [-0.39, 0.29) is 24.5 Å². The van der Waals surface area contributed by atoms with Gasteiger partial charge in [-0.15, -0.1) is 0 Å². The Labute approximate surface area is 324 Å². The SMILES string of the molecule is O=C(OCc1ccccc1)N1CCC[C@@H]1Cc1c[nH]c2ccc(Br)cc12.O=C(c1c[nH]c2ccc(Br)cc12)[C@H]1CCCN1C(=O)OCc1ccccc1. The van der Waals surface area contributed by atoms with E-state index in [0.29, 0.717) is 25.1 Å². The van der Waals surface area contributed by atoms with Crippen LogP contribution in [-0.4, -0.2) is 62.9 Å². The first-order valence-electron chi connectivity index (χ1n) is 17.8. The van der Waals surface area contributed by atoms with E-state index < -0.39 is 12.1 Å². The Balaban J connectivity index is 0.000000164. The van der Waals surface area contributed by atoms with Crippen LogP contribution in [0.1, 0.15) is 52.7 Å². The van der Waals surface area contributed by atoms with Crippen LogP contribution in [0.25, 0.3) is 21.8 Å². The minimum absolute atomic E-state index is 0.0477. The maximum absolute atomic E-state index is 13.1. The lowest BCUT2D eigenvalue weighted by Crippen LogP contribution is -2.40. The number of ether oxygens (including phenoxy) is 2. The second-order valence-corrected chi connectivity index (χ2v) is 15.2. The van der Waals surface area contributed by atoms with Crippen LogP contribution in [0, 0.1) is 0 Å². The molecule has 0 aliphatic carbocycles. The highest BCUT2D eigenvalue weighted by molar-refractivity contribution is 9.10. The third kappa shape index (κ3) is 8.69. The Kier molecular flexibility index (Phi) is 11.6. The average Bonchev–Trinajstić information content (AvgIpc) is 4.01. The number of hydrogen-bond acceptors (Lipinski definition) is 5. The van der Waals surface area contributed by atoms with Crippen molar-refractivity contribution in [3.63, 3.8) is 0 Å². The van der Waals surface area contributed by atoms with Gasteiger partial charge in [-0.05, 0) is 85.2 Å². The van der Waals surface area contributed by atoms with E-state index in [1.54, 1.807) is 11.1 Å². The Morgan fingerprint density at radius 3 is 1.87 bits per heavy atom. The molecule has 0 saturated carbocycles. The topological polar surface area (TPSA) is 108 Å². The van der Waals surface area contributed by atoms with Gasteiger partial charge in [-0.1, -0.05) is 92.5 Å². The predicted molar refractivity (Wildman–Crippen MR) is 213 cm³/mol. The molecule has 2 atom stereocenters. The number of fused-ring (bicyclic) bond motifs is 2. The maximum atomic E-state index is 13.1. The molecule has 0 unspecified atom stereocenters. The third-order valence-corrected chi connectivity index (χ3v) is 10.9. The average molecular weight is 841 g/mol. The fraction of sp³-hybridized carbons (Fsp3) is 0.262. The Morgan fingerprint density at radius 1 is 0.660 bits per heavy atom. The van der Waals surface area contributed by atoms with Gasteiger partial charge in [-0.25, -0.2) is 9.59 Å². The molecule has 0 bridgehead atoms. The molecule has 4 heterocycles. The number of hydrogen-bond donors (Lipinski definition) is 2. The number of Topliss-reactive ketones (excluding diaryl/α,β-unsaturated/α-hetero) is 1. The van der Waals surface area contributed by atoms with Crippen molar-refractivity contribution in [2.24, 2.45) is 0 Å². The van der Waals surface area contributed by atoms with Crippen LogP contribution in [0.5, 0.6) is 0 Å². The van der Waals surface area contributed by atoms with E-state index in [1.807, 2.05) is 89.8 Å². The number of aromatic nitrogens is 2. The van der Waals surface area contributed by atoms with Gasteiger partial charge in [0.1, 0.15) is 13.2 Å². The zero-order chi connectivity index (χ0) is 36.7. The highest BCUT2D eigenvalue weighted by Gasteiger charge is 2.36. The summed E-state index contributed by atoms with van der Waals surface area (Å²) in [5, 5.41) is 2.07. The van der Waals surface area contributed by atoms with Crippen molar-refractivity contribution in [3.05, 3.63) is 141 Å². The molecule has 9 nitrogen and oxygen atoms in total. The normalized spacial score (nSPS) is 16.8. The highest BCUT2D eigenvalue weighted by atomic mass is 79.9. The fourth-order valence-electron chi connectivity index (χ4n) is 7.20. The lowest BCUT2D eigenvalue weighted by Gasteiger charge is -2.24. The predicted octanol–water partition coefficient (Wildman–Crippen LogP) is 10.2. The standard InChI is InChI=1S/C21H19BrN2O3.C21H21BrN2O2/c22-15-8-9-18-16(11-15)17(12-23-18)20(25)19-7-4-10-24(19)21(26)27-13-14-5-2-1-3-6-14;22-17-8-9-20-19(12-17)16(13-23-20)11-18-7-4-10-24(18)21(25)26-14-15-5-2-1-3-6-15/h1-3,5-6,8-9,11-12,19,23H,4,7,10,13H2;1-3,5-6,8-9,12-13,18,23H,4,7,10-11,14H2/t19-;18-/m11/s1. The first kappa shape index (κ1) is 36.5. The molecular weight excluding hydrogens is 800 g/mol. The second-order valence-electron chi connectivity index (χ2n) is 13.4. The Bertz CT molecular complexity index is 2200. The Hall–Kier alpha value is -4.87. The second kappa shape index (κ2) is 16.9. The van der Waals surface area contributed by atoms with Gasteiger partial charge in [0.05, 0.1) is 6.04 Å². The van der Waals surface area contributed by atoms with Gasteiger partial charge in [-0.2, -0.15) is 0 Å². The zero-order valence-corrected chi connectivity index (χ0v) is 32.3. The minimum atomic E-state index is -0.480. The molecule has 0 radical (unpaired) electrons. The number of ketones is 1. The van der Waals surface area contributed by atoms with Gasteiger partial charge in [-0.3, -0.25) is 9.69 Å². The monoisotopic (exact) mass is 838 g/mol. The van der Waals surface area contributed by atoms with Crippen molar-refractivity contribution in [1.29, 1.82) is 0 Å². The molecular formula is C42H40Br2N4O5. The first-order valence-corrected chi connectivity index (χ1v) is 19.4. The number of H-pyrrole nitrogens is 2. The summed E-state index contributed by atoms with van der Waals surface area (Å²) in [7, 11) is 0. The van der Waals surface area contributed by atoms with E-state index in [2.05, 4.69) is 60.2 Å². The molecule has 4 aromatic carbocycles. The van der Waals surface area contributed by atoms with Gasteiger partial charge in [0.15, 0.2) is 5.78 Å². The van der Waals surface area contributed by atoms with Crippen molar-refractivity contribution in [2.75, 3.05) is 13.1 Å². The molecule has 6 aromatic rings. The van der Waals surface area contributed by atoms with Gasteiger partial charge in [0.25, 0.3) is 0 Å². The van der Waals surface area contributed by atoms with Crippen molar-refractivity contribution in [1.82, 2.24) is 19.8 Å². The quantitative estimate of drug-likeness (QED) is 0.149. The molecule has 11 heteroatoms. The maximum Gasteiger partial charge on any atom is 0.410 e. The van der Waals surface area contributed by atoms with Crippen LogP contribution in [-0.2, 0) is 29.1 Å². The van der Waals surface area contributed by atoms with E-state index >= 15 is 0 Å². The van der Waals surface area contributed by atoms with Gasteiger partial charge >= 0.3 is 12.2 Å². The zero-order valence-electron chi connectivity index (χ0n) is 29.1. The number of likely N-dealkylation sites (tertiary alicyclic amines) is 2. The van der Waals surface area contributed by atoms with E-state index in [4.69, 9.17) is 9.47 Å². The number of carbonyl (C=O) groups is 3. The van der Waals surface area contributed by atoms with Gasteiger partial charge < -0.3 is 24.3 Å². The summed E-state index contributed by atoms with van der Waals surface area (Å²) in [6, 6.07) is 31.1. The molecule has 272 valence electrons. The first-order chi connectivity index (χ1) is 25.8. The molecule has 2 amide bonds. The number of amides is 2.